The number of nitrogens with one attached hydrogen (secondary N) is 2. The molecule has 1 atom stereocenters. The average Bonchev–Trinajstić information content (AvgIpc) is 3.75. The van der Waals surface area contributed by atoms with Gasteiger partial charge in [-0.05, 0) is 110 Å². The summed E-state index contributed by atoms with van der Waals surface area (Å²) in [5, 5.41) is 7.59. The highest BCUT2D eigenvalue weighted by Crippen LogP contribution is 2.50. The number of fused-ring (bicyclic) bond motifs is 7. The average molecular weight is 902 g/mol. The normalized spacial score (nSPS) is 13.8. The molecule has 344 valence electrons. The van der Waals surface area contributed by atoms with E-state index in [1.54, 1.807) is 6.08 Å². The molecule has 0 bridgehead atoms. The minimum Gasteiger partial charge on any atom is -0.381 e. The topological polar surface area (TPSA) is 45.1 Å². The van der Waals surface area contributed by atoms with Crippen LogP contribution in [0.25, 0.3) is 62.0 Å². The van der Waals surface area contributed by atoms with Crippen molar-refractivity contribution in [1.29, 1.82) is 0 Å². The molecule has 3 heterocycles. The van der Waals surface area contributed by atoms with Crippen LogP contribution in [0.5, 0.6) is 0 Å². The Balaban J connectivity index is 0.000000445. The number of rotatable bonds is 10. The fourth-order valence-electron chi connectivity index (χ4n) is 8.63. The predicted molar refractivity (Wildman–Crippen MR) is 299 cm³/mol. The first-order valence-electron chi connectivity index (χ1n) is 23.8. The largest absolute Gasteiger partial charge is 0.381 e. The lowest BCUT2D eigenvalue weighted by Gasteiger charge is -2.32. The van der Waals surface area contributed by atoms with Crippen LogP contribution in [0.15, 0.2) is 244 Å². The molecular formula is C64H63N5. The van der Waals surface area contributed by atoms with Gasteiger partial charge in [0.2, 0.25) is 0 Å². The van der Waals surface area contributed by atoms with E-state index in [9.17, 15) is 0 Å². The molecular weight excluding hydrogens is 839 g/mol. The number of likely N-dealkylation sites (N-methyl/N-ethyl adjacent to an activating group) is 1. The lowest BCUT2D eigenvalue weighted by molar-refractivity contribution is 0.746. The minimum absolute atomic E-state index is 0.152. The Bertz CT molecular complexity index is 3110. The molecule has 1 aliphatic carbocycles. The molecule has 0 amide bonds. The number of para-hydroxylation sites is 2. The van der Waals surface area contributed by atoms with Crippen LogP contribution in [0.1, 0.15) is 49.1 Å². The molecule has 10 rings (SSSR count). The third-order valence-electron chi connectivity index (χ3n) is 11.7. The summed E-state index contributed by atoms with van der Waals surface area (Å²) in [4.78, 5) is 7.05. The summed E-state index contributed by atoms with van der Waals surface area (Å²) >= 11 is 0. The van der Waals surface area contributed by atoms with Crippen molar-refractivity contribution in [2.24, 2.45) is 0 Å². The molecule has 0 saturated heterocycles. The van der Waals surface area contributed by atoms with Gasteiger partial charge in [0.15, 0.2) is 0 Å². The van der Waals surface area contributed by atoms with Crippen molar-refractivity contribution < 1.29 is 0 Å². The van der Waals surface area contributed by atoms with Crippen LogP contribution in [0.4, 0.5) is 11.4 Å². The van der Waals surface area contributed by atoms with Crippen molar-refractivity contribution in [2.45, 2.75) is 33.7 Å². The molecule has 0 spiro atoms. The lowest BCUT2D eigenvalue weighted by atomic mass is 9.87. The summed E-state index contributed by atoms with van der Waals surface area (Å²) in [5.74, 6) is 0. The maximum absolute atomic E-state index is 4.62. The van der Waals surface area contributed by atoms with Crippen LogP contribution in [0, 0.1) is 6.92 Å². The highest BCUT2D eigenvalue weighted by atomic mass is 15.2. The van der Waals surface area contributed by atoms with Crippen LogP contribution in [0.3, 0.4) is 0 Å². The summed E-state index contributed by atoms with van der Waals surface area (Å²) in [5.41, 5.74) is 17.2. The molecule has 1 unspecified atom stereocenters. The van der Waals surface area contributed by atoms with Crippen molar-refractivity contribution in [1.82, 2.24) is 20.2 Å². The maximum Gasteiger partial charge on any atom is 0.0701 e. The Morgan fingerprint density at radius 1 is 0.710 bits per heavy atom. The van der Waals surface area contributed by atoms with E-state index in [0.717, 1.165) is 51.7 Å². The molecule has 5 nitrogen and oxygen atoms in total. The number of benzene rings is 6. The first-order valence-corrected chi connectivity index (χ1v) is 23.8. The summed E-state index contributed by atoms with van der Waals surface area (Å²) in [6.07, 6.45) is 23.9. The van der Waals surface area contributed by atoms with Gasteiger partial charge in [0.25, 0.3) is 0 Å². The Morgan fingerprint density at radius 2 is 1.41 bits per heavy atom. The van der Waals surface area contributed by atoms with Gasteiger partial charge in [0.05, 0.1) is 28.6 Å². The predicted octanol–water partition coefficient (Wildman–Crippen LogP) is 16.4. The van der Waals surface area contributed by atoms with E-state index in [2.05, 4.69) is 215 Å². The van der Waals surface area contributed by atoms with Crippen LogP contribution in [-0.4, -0.2) is 23.1 Å². The van der Waals surface area contributed by atoms with E-state index in [0.29, 0.717) is 0 Å². The van der Waals surface area contributed by atoms with Gasteiger partial charge in [-0.3, -0.25) is 4.98 Å². The van der Waals surface area contributed by atoms with Gasteiger partial charge in [-0.2, -0.15) is 0 Å². The van der Waals surface area contributed by atoms with Crippen molar-refractivity contribution in [3.05, 3.63) is 266 Å². The molecule has 1 aliphatic heterocycles. The van der Waals surface area contributed by atoms with Crippen molar-refractivity contribution in [2.75, 3.05) is 18.5 Å². The first-order chi connectivity index (χ1) is 34.1. The fourth-order valence-corrected chi connectivity index (χ4v) is 8.63. The number of aryl methyl sites for hydroxylation is 1. The molecule has 2 aromatic heterocycles. The fraction of sp³-hybridized carbons (Fsp3) is 0.109. The van der Waals surface area contributed by atoms with E-state index >= 15 is 0 Å². The molecule has 69 heavy (non-hydrogen) atoms. The van der Waals surface area contributed by atoms with E-state index in [1.165, 1.54) is 44.4 Å². The third kappa shape index (κ3) is 11.1. The Hall–Kier alpha value is -8.25. The molecule has 8 aromatic rings. The van der Waals surface area contributed by atoms with Crippen molar-refractivity contribution >= 4 is 34.1 Å². The zero-order valence-electron chi connectivity index (χ0n) is 40.6. The summed E-state index contributed by atoms with van der Waals surface area (Å²) in [7, 11) is 1.89. The summed E-state index contributed by atoms with van der Waals surface area (Å²) < 4.78 is 2.46. The van der Waals surface area contributed by atoms with E-state index in [-0.39, 0.29) is 6.04 Å². The highest BCUT2D eigenvalue weighted by Gasteiger charge is 2.29. The van der Waals surface area contributed by atoms with Gasteiger partial charge < -0.3 is 20.1 Å². The van der Waals surface area contributed by atoms with Crippen LogP contribution in [0.2, 0.25) is 0 Å². The molecule has 5 heteroatoms. The van der Waals surface area contributed by atoms with Gasteiger partial charge in [-0.15, -0.1) is 6.58 Å². The lowest BCUT2D eigenvalue weighted by Crippen LogP contribution is -2.18. The van der Waals surface area contributed by atoms with Crippen LogP contribution < -0.4 is 15.5 Å². The van der Waals surface area contributed by atoms with Crippen LogP contribution in [-0.2, 0) is 0 Å². The number of pyridine rings is 1. The highest BCUT2D eigenvalue weighted by molar-refractivity contribution is 6.12. The number of nitrogens with zero attached hydrogens (tertiary/aromatic N) is 3. The zero-order chi connectivity index (χ0) is 48.4. The second kappa shape index (κ2) is 24.5. The van der Waals surface area contributed by atoms with Crippen LogP contribution >= 0.6 is 0 Å². The maximum atomic E-state index is 4.62. The summed E-state index contributed by atoms with van der Waals surface area (Å²) in [6, 6.07) is 59.3. The minimum atomic E-state index is 0.152. The number of aromatic nitrogens is 2. The monoisotopic (exact) mass is 902 g/mol. The quantitative estimate of drug-likeness (QED) is 0.106. The number of hydrogen-bond donors (Lipinski definition) is 2. The molecule has 0 saturated carbocycles. The second-order valence-corrected chi connectivity index (χ2v) is 16.1. The van der Waals surface area contributed by atoms with Gasteiger partial charge in [-0.1, -0.05) is 184 Å². The number of anilines is 2. The SMILES string of the molecule is C=C/C=C\C=C/C.C=CCNC.CC.Cc1ccccc1N(/C1=C/c2ccccc2-c2c(c3ccccc3n2-c2ccc(C3C=CC=CN3)cc2)-c2ccccc21)c1ccc(-c2ccccn2)cc1. The Morgan fingerprint density at radius 3 is 2.07 bits per heavy atom. The zero-order valence-corrected chi connectivity index (χ0v) is 40.6. The second-order valence-electron chi connectivity index (χ2n) is 16.1. The number of hydrogen-bond acceptors (Lipinski definition) is 4. The molecule has 6 aromatic carbocycles. The number of allylic oxidation sites excluding steroid dienone is 7. The van der Waals surface area contributed by atoms with Crippen molar-refractivity contribution in [3.63, 3.8) is 0 Å². The van der Waals surface area contributed by atoms with Gasteiger partial charge in [0, 0.05) is 57.4 Å². The standard InChI is InChI=1S/C51H38N4.C7H10.C4H9N.C2H6/c1-35-14-2-8-22-47(35)54(39-28-24-36(25-29-39)45-20-10-12-32-52-45)49-34-38-15-3-4-16-41(38)51-50(43-18-6-5-17-42(43)49)44-19-7-9-23-48(44)55(51)40-30-26-37(27-31-40)46-21-11-13-33-53-46;1-3-5-7-6-4-2;1-3-4-5-2;1-2/h2-34,46,53H,1H3;3-7H,1H2,2H3;3,5H,1,4H2,2H3;1-2H3/b38-34?,49-34+,49-42?,50-43?,51-41?;6-4-,7-5-;;. The molecule has 0 radical (unpaired) electrons. The summed E-state index contributed by atoms with van der Waals surface area (Å²) in [6.45, 7) is 16.1. The molecule has 2 aliphatic rings. The molecule has 0 fully saturated rings. The smallest absolute Gasteiger partial charge is 0.0701 e. The van der Waals surface area contributed by atoms with E-state index in [4.69, 9.17) is 0 Å². The number of dihydropyridines is 1. The van der Waals surface area contributed by atoms with Gasteiger partial charge >= 0.3 is 0 Å². The third-order valence-corrected chi connectivity index (χ3v) is 11.7. The first kappa shape index (κ1) is 48.7. The van der Waals surface area contributed by atoms with E-state index < -0.39 is 0 Å². The van der Waals surface area contributed by atoms with Crippen molar-refractivity contribution in [3.8, 4) is 39.3 Å². The Labute approximate surface area is 410 Å². The van der Waals surface area contributed by atoms with E-state index in [1.807, 2.05) is 88.8 Å². The molecule has 2 N–H and O–H groups in total. The van der Waals surface area contributed by atoms with Gasteiger partial charge in [-0.25, -0.2) is 0 Å². The van der Waals surface area contributed by atoms with Gasteiger partial charge in [0.1, 0.15) is 0 Å². The Kier molecular flexibility index (Phi) is 17.3.